The number of ketones is 1. The summed E-state index contributed by atoms with van der Waals surface area (Å²) >= 11 is 0. The van der Waals surface area contributed by atoms with E-state index < -0.39 is 8.53 Å². The summed E-state index contributed by atoms with van der Waals surface area (Å²) in [7, 11) is -1.16. The van der Waals surface area contributed by atoms with Crippen molar-refractivity contribution in [3.63, 3.8) is 0 Å². The van der Waals surface area contributed by atoms with Crippen molar-refractivity contribution in [3.05, 3.63) is 29.8 Å². The summed E-state index contributed by atoms with van der Waals surface area (Å²) in [6.07, 6.45) is 0. The zero-order chi connectivity index (χ0) is 14.3. The topological polar surface area (TPSA) is 38.8 Å². The van der Waals surface area contributed by atoms with Crippen molar-refractivity contribution in [2.45, 2.75) is 27.7 Å². The molecule has 1 aromatic carbocycles. The van der Waals surface area contributed by atoms with Crippen molar-refractivity contribution < 1.29 is 13.8 Å². The lowest BCUT2D eigenvalue weighted by Crippen LogP contribution is -2.21. The third kappa shape index (κ3) is 4.57. The summed E-state index contributed by atoms with van der Waals surface area (Å²) in [6, 6.07) is 7.29. The summed E-state index contributed by atoms with van der Waals surface area (Å²) < 4.78 is 13.7. The Morgan fingerprint density at radius 1 is 1.21 bits per heavy atom. The Balaban J connectivity index is 2.93. The number of benzene rings is 1. The Labute approximate surface area is 116 Å². The van der Waals surface area contributed by atoms with Gasteiger partial charge in [0, 0.05) is 13.1 Å². The molecule has 0 N–H and O–H groups in total. The lowest BCUT2D eigenvalue weighted by Gasteiger charge is -2.27. The average Bonchev–Trinajstić information content (AvgIpc) is 2.40. The predicted molar refractivity (Wildman–Crippen MR) is 78.5 cm³/mol. The van der Waals surface area contributed by atoms with Crippen LogP contribution in [0, 0.1) is 0 Å². The molecule has 0 saturated carbocycles. The number of para-hydroxylation sites is 1. The molecular formula is C14H22NO3P. The normalized spacial score (nSPS) is 12.5. The minimum absolute atomic E-state index is 0.00148. The van der Waals surface area contributed by atoms with Crippen LogP contribution < -0.4 is 4.52 Å². The molecule has 1 unspecified atom stereocenters. The molecule has 19 heavy (non-hydrogen) atoms. The van der Waals surface area contributed by atoms with Crippen LogP contribution in [-0.2, 0) is 4.52 Å². The first-order valence-corrected chi connectivity index (χ1v) is 7.72. The smallest absolute Gasteiger partial charge is 0.321 e. The van der Waals surface area contributed by atoms with Crippen LogP contribution in [0.15, 0.2) is 24.3 Å². The lowest BCUT2D eigenvalue weighted by molar-refractivity contribution is 0.101. The molecule has 0 radical (unpaired) electrons. The van der Waals surface area contributed by atoms with Gasteiger partial charge in [-0.25, -0.2) is 4.67 Å². The molecule has 5 heteroatoms. The van der Waals surface area contributed by atoms with E-state index in [2.05, 4.69) is 18.5 Å². The van der Waals surface area contributed by atoms with Crippen molar-refractivity contribution >= 4 is 14.3 Å². The molecule has 0 aliphatic rings. The summed E-state index contributed by atoms with van der Waals surface area (Å²) in [5, 5.41) is 0. The average molecular weight is 283 g/mol. The standard InChI is InChI=1S/C14H22NO3P/c1-5-15(6-2)19(17-7-3)18-14-11-9-8-10-13(14)12(4)16/h8-11H,5-7H2,1-4H3. The quantitative estimate of drug-likeness (QED) is 0.536. The highest BCUT2D eigenvalue weighted by molar-refractivity contribution is 7.45. The van der Waals surface area contributed by atoms with Gasteiger partial charge in [0.15, 0.2) is 5.78 Å². The van der Waals surface area contributed by atoms with Gasteiger partial charge in [0.05, 0.1) is 12.2 Å². The summed E-state index contributed by atoms with van der Waals surface area (Å²) in [6.45, 7) is 9.91. The molecule has 0 aliphatic heterocycles. The number of rotatable bonds is 8. The first-order valence-electron chi connectivity index (χ1n) is 6.59. The number of Topliss-reactive ketones (excluding diaryl/α,β-unsaturated/α-hetero) is 1. The van der Waals surface area contributed by atoms with Crippen LogP contribution in [0.5, 0.6) is 5.75 Å². The number of hydrogen-bond acceptors (Lipinski definition) is 4. The number of carbonyl (C=O) groups is 1. The molecule has 0 fully saturated rings. The van der Waals surface area contributed by atoms with E-state index in [-0.39, 0.29) is 5.78 Å². The molecule has 0 bridgehead atoms. The Morgan fingerprint density at radius 2 is 1.84 bits per heavy atom. The maximum Gasteiger partial charge on any atom is 0.321 e. The zero-order valence-electron chi connectivity index (χ0n) is 12.0. The van der Waals surface area contributed by atoms with Gasteiger partial charge in [0.2, 0.25) is 0 Å². The second-order valence-corrected chi connectivity index (χ2v) is 5.42. The molecule has 0 aliphatic carbocycles. The Morgan fingerprint density at radius 3 is 2.37 bits per heavy atom. The predicted octanol–water partition coefficient (Wildman–Crippen LogP) is 3.87. The summed E-state index contributed by atoms with van der Waals surface area (Å²) in [5.41, 5.74) is 0.599. The highest BCUT2D eigenvalue weighted by atomic mass is 31.2. The van der Waals surface area contributed by atoms with E-state index in [0.29, 0.717) is 17.9 Å². The van der Waals surface area contributed by atoms with E-state index in [1.807, 2.05) is 25.1 Å². The van der Waals surface area contributed by atoms with Crippen LogP contribution >= 0.6 is 8.53 Å². The van der Waals surface area contributed by atoms with Gasteiger partial charge in [-0.1, -0.05) is 26.0 Å². The largest absolute Gasteiger partial charge is 0.435 e. The minimum Gasteiger partial charge on any atom is -0.435 e. The van der Waals surface area contributed by atoms with Crippen molar-refractivity contribution in [2.75, 3.05) is 19.7 Å². The molecular weight excluding hydrogens is 261 g/mol. The van der Waals surface area contributed by atoms with Crippen molar-refractivity contribution in [1.82, 2.24) is 4.67 Å². The number of nitrogens with zero attached hydrogens (tertiary/aromatic N) is 1. The van der Waals surface area contributed by atoms with Gasteiger partial charge in [-0.2, -0.15) is 0 Å². The van der Waals surface area contributed by atoms with Crippen LogP contribution in [0.1, 0.15) is 38.1 Å². The fraction of sp³-hybridized carbons (Fsp3) is 0.500. The molecule has 0 heterocycles. The molecule has 0 amide bonds. The van der Waals surface area contributed by atoms with Crippen LogP contribution in [-0.4, -0.2) is 30.2 Å². The molecule has 4 nitrogen and oxygen atoms in total. The second kappa shape index (κ2) is 8.26. The van der Waals surface area contributed by atoms with Crippen LogP contribution in [0.4, 0.5) is 0 Å². The zero-order valence-corrected chi connectivity index (χ0v) is 12.9. The lowest BCUT2D eigenvalue weighted by atomic mass is 10.1. The van der Waals surface area contributed by atoms with Crippen LogP contribution in [0.2, 0.25) is 0 Å². The summed E-state index contributed by atoms with van der Waals surface area (Å²) in [5.74, 6) is 0.600. The Kier molecular flexibility index (Phi) is 7.00. The molecule has 0 aromatic heterocycles. The van der Waals surface area contributed by atoms with Crippen molar-refractivity contribution in [2.24, 2.45) is 0 Å². The van der Waals surface area contributed by atoms with E-state index in [4.69, 9.17) is 9.05 Å². The third-order valence-electron chi connectivity index (χ3n) is 2.64. The van der Waals surface area contributed by atoms with Crippen molar-refractivity contribution in [3.8, 4) is 5.75 Å². The van der Waals surface area contributed by atoms with Gasteiger partial charge >= 0.3 is 8.53 Å². The highest BCUT2D eigenvalue weighted by Gasteiger charge is 2.21. The Hall–Kier alpha value is -0.960. The monoisotopic (exact) mass is 283 g/mol. The SMILES string of the molecule is CCOP(Oc1ccccc1C(C)=O)N(CC)CC. The van der Waals surface area contributed by atoms with E-state index in [1.54, 1.807) is 13.0 Å². The minimum atomic E-state index is -1.16. The van der Waals surface area contributed by atoms with Gasteiger partial charge in [0.25, 0.3) is 0 Å². The molecule has 106 valence electrons. The van der Waals surface area contributed by atoms with E-state index in [0.717, 1.165) is 13.1 Å². The van der Waals surface area contributed by atoms with Gasteiger partial charge < -0.3 is 9.05 Å². The van der Waals surface area contributed by atoms with Gasteiger partial charge in [-0.3, -0.25) is 4.79 Å². The molecule has 0 saturated heterocycles. The maximum atomic E-state index is 11.6. The third-order valence-corrected chi connectivity index (χ3v) is 4.50. The highest BCUT2D eigenvalue weighted by Crippen LogP contribution is 2.43. The second-order valence-electron chi connectivity index (χ2n) is 3.94. The molecule has 1 aromatic rings. The fourth-order valence-corrected chi connectivity index (χ4v) is 2.99. The maximum absolute atomic E-state index is 11.6. The first kappa shape index (κ1) is 16.1. The summed E-state index contributed by atoms with van der Waals surface area (Å²) in [4.78, 5) is 11.6. The van der Waals surface area contributed by atoms with Gasteiger partial charge in [0.1, 0.15) is 5.75 Å². The van der Waals surface area contributed by atoms with Crippen LogP contribution in [0.25, 0.3) is 0 Å². The van der Waals surface area contributed by atoms with E-state index >= 15 is 0 Å². The van der Waals surface area contributed by atoms with Gasteiger partial charge in [-0.05, 0) is 26.0 Å². The van der Waals surface area contributed by atoms with Crippen LogP contribution in [0.3, 0.4) is 0 Å². The fourth-order valence-electron chi connectivity index (χ4n) is 1.65. The van der Waals surface area contributed by atoms with E-state index in [1.165, 1.54) is 0 Å². The molecule has 1 rings (SSSR count). The molecule has 0 spiro atoms. The van der Waals surface area contributed by atoms with Crippen molar-refractivity contribution in [1.29, 1.82) is 0 Å². The number of hydrogen-bond donors (Lipinski definition) is 0. The molecule has 1 atom stereocenters. The Bertz CT molecular complexity index is 407. The number of carbonyl (C=O) groups excluding carboxylic acids is 1. The first-order chi connectivity index (χ1) is 9.13. The van der Waals surface area contributed by atoms with E-state index in [9.17, 15) is 4.79 Å². The van der Waals surface area contributed by atoms with Gasteiger partial charge in [-0.15, -0.1) is 0 Å².